The van der Waals surface area contributed by atoms with Crippen LogP contribution in [-0.4, -0.2) is 28.4 Å². The van der Waals surface area contributed by atoms with Crippen LogP contribution in [0.3, 0.4) is 0 Å². The molecule has 0 radical (unpaired) electrons. The third-order valence-electron chi connectivity index (χ3n) is 6.02. The van der Waals surface area contributed by atoms with E-state index in [0.29, 0.717) is 6.42 Å². The Morgan fingerprint density at radius 1 is 1.30 bits per heavy atom. The Hall–Kier alpha value is -2.54. The molecule has 1 heterocycles. The molecule has 0 unspecified atom stereocenters. The molecule has 4 rings (SSSR count). The van der Waals surface area contributed by atoms with Gasteiger partial charge in [0.1, 0.15) is 5.56 Å². The molecule has 5 nitrogen and oxygen atoms in total. The van der Waals surface area contributed by atoms with Gasteiger partial charge < -0.3 is 14.4 Å². The summed E-state index contributed by atoms with van der Waals surface area (Å²) in [6, 6.07) is 0.891. The van der Waals surface area contributed by atoms with Crippen LogP contribution in [0.15, 0.2) is 23.1 Å². The van der Waals surface area contributed by atoms with Crippen LogP contribution < -0.4 is 5.43 Å². The van der Waals surface area contributed by atoms with Crippen molar-refractivity contribution >= 4 is 22.9 Å². The summed E-state index contributed by atoms with van der Waals surface area (Å²) in [5.74, 6) is -2.83. The van der Waals surface area contributed by atoms with Crippen molar-refractivity contribution in [1.82, 2.24) is 4.57 Å². The van der Waals surface area contributed by atoms with E-state index in [1.165, 1.54) is 12.3 Å². The first-order valence-electron chi connectivity index (χ1n) is 10.5. The molecule has 2 fully saturated rings. The van der Waals surface area contributed by atoms with E-state index in [0.717, 1.165) is 38.2 Å². The lowest BCUT2D eigenvalue weighted by atomic mass is 9.99. The van der Waals surface area contributed by atoms with Gasteiger partial charge in [0.15, 0.2) is 11.6 Å². The monoisotopic (exact) mass is 417 g/mol. The Labute approximate surface area is 173 Å². The topological polar surface area (TPSA) is 68.5 Å². The van der Waals surface area contributed by atoms with E-state index >= 15 is 0 Å². The summed E-state index contributed by atoms with van der Waals surface area (Å²) in [5, 5.41) is 9.95. The zero-order chi connectivity index (χ0) is 21.4. The number of nitrogens with zero attached hydrogens (tertiary/aromatic N) is 1. The van der Waals surface area contributed by atoms with Gasteiger partial charge in [-0.15, -0.1) is 0 Å². The Morgan fingerprint density at radius 3 is 2.70 bits per heavy atom. The third kappa shape index (κ3) is 3.78. The molecule has 7 heteroatoms. The molecule has 2 saturated carbocycles. The molecule has 0 saturated heterocycles. The fraction of sp³-hybridized carbons (Fsp3) is 0.478. The molecular formula is C23H25F2NO4. The van der Waals surface area contributed by atoms with Crippen molar-refractivity contribution in [2.24, 2.45) is 5.92 Å². The van der Waals surface area contributed by atoms with Crippen molar-refractivity contribution in [3.8, 4) is 0 Å². The Morgan fingerprint density at radius 2 is 2.07 bits per heavy atom. The van der Waals surface area contributed by atoms with Gasteiger partial charge in [0.05, 0.1) is 23.6 Å². The largest absolute Gasteiger partial charge is 0.462 e. The number of hydrogen-bond donors (Lipinski definition) is 1. The van der Waals surface area contributed by atoms with Crippen molar-refractivity contribution < 1.29 is 23.4 Å². The normalized spacial score (nSPS) is 21.6. The molecule has 0 amide bonds. The van der Waals surface area contributed by atoms with Gasteiger partial charge >= 0.3 is 5.97 Å². The maximum atomic E-state index is 14.8. The van der Waals surface area contributed by atoms with Crippen molar-refractivity contribution in [2.75, 3.05) is 6.61 Å². The predicted molar refractivity (Wildman–Crippen MR) is 109 cm³/mol. The molecule has 2 aromatic rings. The minimum atomic E-state index is -1.14. The number of fused-ring (bicyclic) bond motifs is 1. The molecule has 1 aromatic heterocycles. The Kier molecular flexibility index (Phi) is 5.73. The van der Waals surface area contributed by atoms with Gasteiger partial charge in [-0.05, 0) is 51.0 Å². The van der Waals surface area contributed by atoms with Crippen LogP contribution in [0.25, 0.3) is 17.0 Å². The van der Waals surface area contributed by atoms with Crippen LogP contribution in [0.4, 0.5) is 8.78 Å². The Bertz CT molecular complexity index is 1070. The number of allylic oxidation sites excluding steroid dienone is 1. The van der Waals surface area contributed by atoms with Crippen molar-refractivity contribution in [3.63, 3.8) is 0 Å². The fourth-order valence-corrected chi connectivity index (χ4v) is 4.29. The summed E-state index contributed by atoms with van der Waals surface area (Å²) >= 11 is 0. The molecule has 2 atom stereocenters. The average molecular weight is 417 g/mol. The van der Waals surface area contributed by atoms with Gasteiger partial charge in [0, 0.05) is 17.8 Å². The molecular weight excluding hydrogens is 392 g/mol. The van der Waals surface area contributed by atoms with Crippen LogP contribution in [0.2, 0.25) is 0 Å². The SMILES string of the molecule is CCOC(=O)c1cn(C2CC2)c2c(/C=C\C[C@H]3CCC[C@@H]3O)c(F)c(F)cc2c1=O. The van der Waals surface area contributed by atoms with E-state index in [2.05, 4.69) is 0 Å². The smallest absolute Gasteiger partial charge is 0.343 e. The van der Waals surface area contributed by atoms with Crippen LogP contribution in [0.5, 0.6) is 0 Å². The van der Waals surface area contributed by atoms with E-state index in [9.17, 15) is 23.5 Å². The van der Waals surface area contributed by atoms with Crippen molar-refractivity contribution in [1.29, 1.82) is 0 Å². The number of ether oxygens (including phenoxy) is 1. The first kappa shape index (κ1) is 20.7. The zero-order valence-corrected chi connectivity index (χ0v) is 16.9. The number of aliphatic hydroxyl groups is 1. The van der Waals surface area contributed by atoms with E-state index in [4.69, 9.17) is 4.74 Å². The van der Waals surface area contributed by atoms with Gasteiger partial charge in [-0.2, -0.15) is 0 Å². The second kappa shape index (κ2) is 8.30. The number of esters is 1. The summed E-state index contributed by atoms with van der Waals surface area (Å²) in [6.45, 7) is 1.75. The summed E-state index contributed by atoms with van der Waals surface area (Å²) in [4.78, 5) is 25.2. The summed E-state index contributed by atoms with van der Waals surface area (Å²) in [7, 11) is 0. The number of aliphatic hydroxyl groups excluding tert-OH is 1. The second-order valence-corrected chi connectivity index (χ2v) is 8.11. The highest BCUT2D eigenvalue weighted by atomic mass is 19.2. The van der Waals surface area contributed by atoms with Crippen LogP contribution >= 0.6 is 0 Å². The van der Waals surface area contributed by atoms with Crippen LogP contribution in [0.1, 0.15) is 67.4 Å². The molecule has 0 aliphatic heterocycles. The van der Waals surface area contributed by atoms with Gasteiger partial charge in [0.25, 0.3) is 0 Å². The number of rotatable bonds is 6. The standard InChI is InChI=1S/C23H25F2NO4/c1-2-30-23(29)17-12-26(14-9-10-14)21-15(7-3-5-13-6-4-8-19(13)27)20(25)18(24)11-16(21)22(17)28/h3,7,11-14,19,27H,2,4-6,8-10H2,1H3/b7-3-/t13-,19-/m0/s1. The summed E-state index contributed by atoms with van der Waals surface area (Å²) in [6.07, 6.45) is 9.08. The third-order valence-corrected chi connectivity index (χ3v) is 6.02. The molecule has 2 aliphatic carbocycles. The number of carbonyl (C=O) groups is 1. The van der Waals surface area contributed by atoms with Crippen molar-refractivity contribution in [3.05, 3.63) is 51.3 Å². The molecule has 1 aromatic carbocycles. The minimum absolute atomic E-state index is 0.00287. The van der Waals surface area contributed by atoms with E-state index in [-0.39, 0.29) is 46.7 Å². The molecule has 30 heavy (non-hydrogen) atoms. The van der Waals surface area contributed by atoms with Crippen LogP contribution in [0, 0.1) is 17.6 Å². The van der Waals surface area contributed by atoms with E-state index in [1.807, 2.05) is 0 Å². The number of carbonyl (C=O) groups excluding carboxylic acids is 1. The predicted octanol–water partition coefficient (Wildman–Crippen LogP) is 4.36. The number of pyridine rings is 1. The molecule has 0 bridgehead atoms. The number of hydrogen-bond acceptors (Lipinski definition) is 4. The van der Waals surface area contributed by atoms with Gasteiger partial charge in [-0.1, -0.05) is 18.6 Å². The number of aromatic nitrogens is 1. The molecule has 1 N–H and O–H groups in total. The maximum absolute atomic E-state index is 14.8. The lowest BCUT2D eigenvalue weighted by molar-refractivity contribution is 0.0524. The zero-order valence-electron chi connectivity index (χ0n) is 16.9. The maximum Gasteiger partial charge on any atom is 0.343 e. The quantitative estimate of drug-likeness (QED) is 0.710. The molecule has 160 valence electrons. The minimum Gasteiger partial charge on any atom is -0.462 e. The highest BCUT2D eigenvalue weighted by molar-refractivity contribution is 5.96. The van der Waals surface area contributed by atoms with Gasteiger partial charge in [-0.3, -0.25) is 4.79 Å². The Balaban J connectivity index is 1.85. The van der Waals surface area contributed by atoms with E-state index in [1.54, 1.807) is 17.6 Å². The highest BCUT2D eigenvalue weighted by Gasteiger charge is 2.30. The summed E-state index contributed by atoms with van der Waals surface area (Å²) in [5.41, 5.74) is -0.555. The van der Waals surface area contributed by atoms with Gasteiger partial charge in [0.2, 0.25) is 5.43 Å². The number of benzene rings is 1. The summed E-state index contributed by atoms with van der Waals surface area (Å²) < 4.78 is 35.9. The van der Waals surface area contributed by atoms with Crippen molar-refractivity contribution in [2.45, 2.75) is 57.6 Å². The van der Waals surface area contributed by atoms with E-state index < -0.39 is 23.0 Å². The first-order valence-corrected chi connectivity index (χ1v) is 10.5. The lowest BCUT2D eigenvalue weighted by Crippen LogP contribution is -2.21. The molecule has 2 aliphatic rings. The fourth-order valence-electron chi connectivity index (χ4n) is 4.29. The number of halogens is 2. The first-order chi connectivity index (χ1) is 14.4. The molecule has 0 spiro atoms. The average Bonchev–Trinajstić information content (AvgIpc) is 3.48. The van der Waals surface area contributed by atoms with Crippen LogP contribution in [-0.2, 0) is 4.74 Å². The lowest BCUT2D eigenvalue weighted by Gasteiger charge is -2.16. The second-order valence-electron chi connectivity index (χ2n) is 8.11. The highest BCUT2D eigenvalue weighted by Crippen LogP contribution is 2.39. The van der Waals surface area contributed by atoms with Gasteiger partial charge in [-0.25, -0.2) is 13.6 Å².